The van der Waals surface area contributed by atoms with Crippen LogP contribution in [0.5, 0.6) is 0 Å². The number of nitrogens with one attached hydrogen (secondary N) is 1. The van der Waals surface area contributed by atoms with Crippen LogP contribution in [-0.4, -0.2) is 28.4 Å². The van der Waals surface area contributed by atoms with Crippen molar-refractivity contribution in [3.8, 4) is 0 Å². The Morgan fingerprint density at radius 1 is 1.38 bits per heavy atom. The van der Waals surface area contributed by atoms with Gasteiger partial charge in [0.2, 0.25) is 0 Å². The molecule has 1 aliphatic carbocycles. The summed E-state index contributed by atoms with van der Waals surface area (Å²) in [7, 11) is 0. The first kappa shape index (κ1) is 15.1. The smallest absolute Gasteiger partial charge is 0.260 e. The van der Waals surface area contributed by atoms with Crippen molar-refractivity contribution in [2.75, 3.05) is 12.4 Å². The van der Waals surface area contributed by atoms with Crippen LogP contribution in [0.3, 0.4) is 0 Å². The molecule has 0 atom stereocenters. The number of nitrogens with zero attached hydrogens (tertiary/aromatic N) is 1. The Hall–Kier alpha value is -0.850. The van der Waals surface area contributed by atoms with Crippen molar-refractivity contribution in [2.24, 2.45) is 0 Å². The van der Waals surface area contributed by atoms with E-state index in [9.17, 15) is 4.79 Å². The Morgan fingerprint density at radius 3 is 3.00 bits per heavy atom. The number of fused-ring (bicyclic) bond motifs is 3. The van der Waals surface area contributed by atoms with E-state index in [0.717, 1.165) is 28.8 Å². The summed E-state index contributed by atoms with van der Waals surface area (Å²) in [6, 6.07) is 0. The standard InChI is InChI=1S/C15H20N2O2S2/c1-9(2)19-7-8-20-15-16-13(18)12-10-5-3-4-6-11(10)21-14(12)17-15/h9H,3-8H2,1-2H3,(H,16,17,18). The Labute approximate surface area is 132 Å². The fourth-order valence-electron chi connectivity index (χ4n) is 2.63. The second-order valence-electron chi connectivity index (χ2n) is 5.53. The Morgan fingerprint density at radius 2 is 2.19 bits per heavy atom. The lowest BCUT2D eigenvalue weighted by Gasteiger charge is -2.09. The SMILES string of the molecule is CC(C)OCCSc1nc2sc3c(c2c(=O)[nH]1)CCCC3. The number of aromatic nitrogens is 2. The summed E-state index contributed by atoms with van der Waals surface area (Å²) in [6.07, 6.45) is 4.77. The molecule has 114 valence electrons. The number of aryl methyl sites for hydroxylation is 2. The van der Waals surface area contributed by atoms with E-state index < -0.39 is 0 Å². The molecule has 0 fully saturated rings. The summed E-state index contributed by atoms with van der Waals surface area (Å²) in [6.45, 7) is 4.71. The largest absolute Gasteiger partial charge is 0.378 e. The first-order valence-corrected chi connectivity index (χ1v) is 9.24. The van der Waals surface area contributed by atoms with E-state index in [1.165, 1.54) is 23.3 Å². The molecule has 0 spiro atoms. The zero-order valence-electron chi connectivity index (χ0n) is 12.4. The van der Waals surface area contributed by atoms with Crippen LogP contribution in [0.25, 0.3) is 10.2 Å². The van der Waals surface area contributed by atoms with Gasteiger partial charge < -0.3 is 9.72 Å². The minimum Gasteiger partial charge on any atom is -0.378 e. The maximum absolute atomic E-state index is 12.3. The van der Waals surface area contributed by atoms with Crippen LogP contribution in [0.1, 0.15) is 37.1 Å². The van der Waals surface area contributed by atoms with Crippen molar-refractivity contribution in [1.82, 2.24) is 9.97 Å². The molecule has 21 heavy (non-hydrogen) atoms. The van der Waals surface area contributed by atoms with Gasteiger partial charge in [-0.25, -0.2) is 4.98 Å². The fourth-order valence-corrected chi connectivity index (χ4v) is 4.65. The van der Waals surface area contributed by atoms with Gasteiger partial charge in [0.05, 0.1) is 18.1 Å². The number of thiophene rings is 1. The normalized spacial score (nSPS) is 14.8. The molecule has 3 rings (SSSR count). The van der Waals surface area contributed by atoms with E-state index in [4.69, 9.17) is 4.74 Å². The molecule has 0 amide bonds. The molecule has 2 heterocycles. The van der Waals surface area contributed by atoms with Crippen molar-refractivity contribution >= 4 is 33.3 Å². The zero-order valence-corrected chi connectivity index (χ0v) is 14.0. The van der Waals surface area contributed by atoms with Crippen LogP contribution in [0, 0.1) is 0 Å². The van der Waals surface area contributed by atoms with Crippen molar-refractivity contribution in [3.05, 3.63) is 20.8 Å². The minimum atomic E-state index is 0.0201. The van der Waals surface area contributed by atoms with E-state index in [1.807, 2.05) is 13.8 Å². The van der Waals surface area contributed by atoms with Gasteiger partial charge in [-0.15, -0.1) is 11.3 Å². The summed E-state index contributed by atoms with van der Waals surface area (Å²) < 4.78 is 5.51. The third kappa shape index (κ3) is 3.33. The van der Waals surface area contributed by atoms with Crippen LogP contribution in [-0.2, 0) is 17.6 Å². The fraction of sp³-hybridized carbons (Fsp3) is 0.600. The molecule has 0 saturated heterocycles. The Kier molecular flexibility index (Phi) is 4.66. The second kappa shape index (κ2) is 6.50. The predicted octanol–water partition coefficient (Wildman–Crippen LogP) is 3.38. The van der Waals surface area contributed by atoms with Crippen molar-refractivity contribution in [3.63, 3.8) is 0 Å². The number of H-pyrrole nitrogens is 1. The molecule has 2 aromatic heterocycles. The van der Waals surface area contributed by atoms with Crippen LogP contribution < -0.4 is 5.56 Å². The highest BCUT2D eigenvalue weighted by atomic mass is 32.2. The quantitative estimate of drug-likeness (QED) is 0.520. The van der Waals surface area contributed by atoms with Gasteiger partial charge in [0.15, 0.2) is 5.16 Å². The molecule has 0 aliphatic heterocycles. The molecular weight excluding hydrogens is 304 g/mol. The topological polar surface area (TPSA) is 55.0 Å². The molecule has 0 unspecified atom stereocenters. The molecule has 0 bridgehead atoms. The average molecular weight is 324 g/mol. The summed E-state index contributed by atoms with van der Waals surface area (Å²) in [5.41, 5.74) is 1.27. The van der Waals surface area contributed by atoms with Gasteiger partial charge in [0.1, 0.15) is 4.83 Å². The number of ether oxygens (including phenoxy) is 1. The molecule has 0 aromatic carbocycles. The van der Waals surface area contributed by atoms with E-state index in [2.05, 4.69) is 9.97 Å². The number of thioether (sulfide) groups is 1. The monoisotopic (exact) mass is 324 g/mol. The maximum atomic E-state index is 12.3. The summed E-state index contributed by atoms with van der Waals surface area (Å²) in [5, 5.41) is 1.54. The third-order valence-electron chi connectivity index (χ3n) is 3.58. The number of aromatic amines is 1. The van der Waals surface area contributed by atoms with Gasteiger partial charge >= 0.3 is 0 Å². The minimum absolute atomic E-state index is 0.0201. The van der Waals surface area contributed by atoms with Crippen molar-refractivity contribution in [2.45, 2.75) is 50.8 Å². The van der Waals surface area contributed by atoms with Gasteiger partial charge in [-0.1, -0.05) is 11.8 Å². The Balaban J connectivity index is 1.81. The van der Waals surface area contributed by atoms with Gasteiger partial charge in [0.25, 0.3) is 5.56 Å². The summed E-state index contributed by atoms with van der Waals surface area (Å²) in [4.78, 5) is 22.2. The van der Waals surface area contributed by atoms with Crippen molar-refractivity contribution < 1.29 is 4.74 Å². The Bertz CT molecular complexity index is 691. The first-order valence-electron chi connectivity index (χ1n) is 7.44. The number of hydrogen-bond acceptors (Lipinski definition) is 5. The van der Waals surface area contributed by atoms with Crippen LogP contribution >= 0.6 is 23.1 Å². The lowest BCUT2D eigenvalue weighted by atomic mass is 9.97. The molecule has 6 heteroatoms. The third-order valence-corrected chi connectivity index (χ3v) is 5.60. The maximum Gasteiger partial charge on any atom is 0.260 e. The molecule has 0 saturated carbocycles. The lowest BCUT2D eigenvalue weighted by Crippen LogP contribution is -2.11. The summed E-state index contributed by atoms with van der Waals surface area (Å²) in [5.74, 6) is 0.803. The average Bonchev–Trinajstić information content (AvgIpc) is 2.82. The zero-order chi connectivity index (χ0) is 14.8. The van der Waals surface area contributed by atoms with Gasteiger partial charge in [-0.2, -0.15) is 0 Å². The van der Waals surface area contributed by atoms with E-state index in [-0.39, 0.29) is 11.7 Å². The highest BCUT2D eigenvalue weighted by Gasteiger charge is 2.19. The number of hydrogen-bond donors (Lipinski definition) is 1. The van der Waals surface area contributed by atoms with E-state index >= 15 is 0 Å². The predicted molar refractivity (Wildman–Crippen MR) is 88.7 cm³/mol. The molecule has 1 N–H and O–H groups in total. The molecular formula is C15H20N2O2S2. The van der Waals surface area contributed by atoms with Gasteiger partial charge in [-0.05, 0) is 45.1 Å². The van der Waals surface area contributed by atoms with E-state index in [0.29, 0.717) is 11.8 Å². The molecule has 2 aromatic rings. The highest BCUT2D eigenvalue weighted by molar-refractivity contribution is 7.99. The summed E-state index contributed by atoms with van der Waals surface area (Å²) >= 11 is 3.25. The first-order chi connectivity index (χ1) is 10.1. The van der Waals surface area contributed by atoms with Crippen molar-refractivity contribution in [1.29, 1.82) is 0 Å². The van der Waals surface area contributed by atoms with Crippen LogP contribution in [0.2, 0.25) is 0 Å². The van der Waals surface area contributed by atoms with Crippen LogP contribution in [0.15, 0.2) is 9.95 Å². The molecule has 0 radical (unpaired) electrons. The lowest BCUT2D eigenvalue weighted by molar-refractivity contribution is 0.0920. The molecule has 1 aliphatic rings. The highest BCUT2D eigenvalue weighted by Crippen LogP contribution is 2.34. The second-order valence-corrected chi connectivity index (χ2v) is 7.70. The number of rotatable bonds is 5. The van der Waals surface area contributed by atoms with Gasteiger partial charge in [0, 0.05) is 10.6 Å². The van der Waals surface area contributed by atoms with Gasteiger partial charge in [-0.3, -0.25) is 4.79 Å². The molecule has 4 nitrogen and oxygen atoms in total. The van der Waals surface area contributed by atoms with Crippen LogP contribution in [0.4, 0.5) is 0 Å². The van der Waals surface area contributed by atoms with E-state index in [1.54, 1.807) is 23.1 Å².